The van der Waals surface area contributed by atoms with Gasteiger partial charge in [-0.3, -0.25) is 4.79 Å². The van der Waals surface area contributed by atoms with E-state index in [2.05, 4.69) is 0 Å². The highest BCUT2D eigenvalue weighted by molar-refractivity contribution is 5.69. The number of rotatable bonds is 5. The maximum Gasteiger partial charge on any atom is 0.307 e. The van der Waals surface area contributed by atoms with Crippen LogP contribution in [-0.2, 0) is 16.1 Å². The molecule has 17 heavy (non-hydrogen) atoms. The average Bonchev–Trinajstić information content (AvgIpc) is 2.30. The molecule has 0 spiro atoms. The van der Waals surface area contributed by atoms with E-state index < -0.39 is 0 Å². The van der Waals surface area contributed by atoms with Gasteiger partial charge < -0.3 is 15.2 Å². The number of carbonyl (C=O) groups excluding carboxylic acids is 1. The summed E-state index contributed by atoms with van der Waals surface area (Å²) in [6, 6.07) is 3.92. The molecule has 0 heterocycles. The van der Waals surface area contributed by atoms with Gasteiger partial charge in [0.25, 0.3) is 0 Å². The number of methoxy groups -OCH3 is 1. The summed E-state index contributed by atoms with van der Waals surface area (Å²) >= 11 is 0. The van der Waals surface area contributed by atoms with E-state index >= 15 is 0 Å². The second-order valence-electron chi connectivity index (χ2n) is 3.95. The maximum absolute atomic E-state index is 11.2. The molecular formula is C13H19NO3. The van der Waals surface area contributed by atoms with Crippen LogP contribution in [0.25, 0.3) is 0 Å². The zero-order valence-corrected chi connectivity index (χ0v) is 10.6. The predicted molar refractivity (Wildman–Crippen MR) is 65.9 cm³/mol. The van der Waals surface area contributed by atoms with Crippen molar-refractivity contribution in [1.82, 2.24) is 0 Å². The lowest BCUT2D eigenvalue weighted by Gasteiger charge is -2.11. The predicted octanol–water partition coefficient (Wildman–Crippen LogP) is 1.70. The van der Waals surface area contributed by atoms with E-state index in [1.807, 2.05) is 26.0 Å². The zero-order valence-electron chi connectivity index (χ0n) is 10.6. The van der Waals surface area contributed by atoms with E-state index in [4.69, 9.17) is 15.2 Å². The second kappa shape index (κ2) is 6.25. The van der Waals surface area contributed by atoms with Gasteiger partial charge in [0, 0.05) is 6.54 Å². The van der Waals surface area contributed by atoms with Crippen molar-refractivity contribution in [2.24, 2.45) is 5.73 Å². The number of nitrogens with two attached hydrogens (primary N) is 1. The molecule has 1 aromatic carbocycles. The van der Waals surface area contributed by atoms with Crippen LogP contribution >= 0.6 is 0 Å². The minimum atomic E-state index is -0.264. The number of hydrogen-bond donors (Lipinski definition) is 1. The third-order valence-electron chi connectivity index (χ3n) is 2.59. The van der Waals surface area contributed by atoms with Gasteiger partial charge in [-0.05, 0) is 42.7 Å². The molecule has 0 atom stereocenters. The summed E-state index contributed by atoms with van der Waals surface area (Å²) < 4.78 is 10.3. The maximum atomic E-state index is 11.2. The molecule has 0 saturated carbocycles. The molecule has 0 aliphatic carbocycles. The van der Waals surface area contributed by atoms with Crippen molar-refractivity contribution in [2.45, 2.75) is 26.9 Å². The van der Waals surface area contributed by atoms with Crippen molar-refractivity contribution in [3.63, 3.8) is 0 Å². The summed E-state index contributed by atoms with van der Waals surface area (Å²) in [6.45, 7) is 4.53. The Labute approximate surface area is 102 Å². The Bertz CT molecular complexity index is 402. The van der Waals surface area contributed by atoms with Crippen molar-refractivity contribution in [1.29, 1.82) is 0 Å². The molecule has 4 nitrogen and oxygen atoms in total. The molecule has 0 bridgehead atoms. The van der Waals surface area contributed by atoms with Crippen LogP contribution in [0.15, 0.2) is 12.1 Å². The summed E-state index contributed by atoms with van der Waals surface area (Å²) in [7, 11) is 1.64. The van der Waals surface area contributed by atoms with Gasteiger partial charge in [-0.15, -0.1) is 0 Å². The molecule has 0 aliphatic rings. The van der Waals surface area contributed by atoms with Crippen molar-refractivity contribution >= 4 is 5.97 Å². The fourth-order valence-corrected chi connectivity index (χ4v) is 1.57. The quantitative estimate of drug-likeness (QED) is 0.792. The van der Waals surface area contributed by atoms with Gasteiger partial charge in [-0.25, -0.2) is 0 Å². The van der Waals surface area contributed by atoms with E-state index in [-0.39, 0.29) is 19.0 Å². The van der Waals surface area contributed by atoms with Crippen LogP contribution in [-0.4, -0.2) is 19.6 Å². The highest BCUT2D eigenvalue weighted by Gasteiger charge is 2.07. The smallest absolute Gasteiger partial charge is 0.307 e. The van der Waals surface area contributed by atoms with Crippen LogP contribution in [0.2, 0.25) is 0 Å². The van der Waals surface area contributed by atoms with Gasteiger partial charge in [0.15, 0.2) is 0 Å². The van der Waals surface area contributed by atoms with E-state index in [1.54, 1.807) is 7.11 Å². The van der Waals surface area contributed by atoms with Crippen molar-refractivity contribution < 1.29 is 14.3 Å². The fraction of sp³-hybridized carbons (Fsp3) is 0.462. The summed E-state index contributed by atoms with van der Waals surface area (Å²) in [6.07, 6.45) is 0.258. The number of hydrogen-bond acceptors (Lipinski definition) is 4. The van der Waals surface area contributed by atoms with Gasteiger partial charge in [0.05, 0.1) is 13.5 Å². The molecule has 1 aromatic rings. The Kier molecular flexibility index (Phi) is 4.97. The van der Waals surface area contributed by atoms with E-state index in [9.17, 15) is 4.79 Å². The van der Waals surface area contributed by atoms with Gasteiger partial charge in [0.2, 0.25) is 0 Å². The summed E-state index contributed by atoms with van der Waals surface area (Å²) in [5.41, 5.74) is 8.35. The lowest BCUT2D eigenvalue weighted by molar-refractivity contribution is -0.144. The Hall–Kier alpha value is -1.55. The molecule has 0 aromatic heterocycles. The molecule has 0 fully saturated rings. The number of benzene rings is 1. The zero-order chi connectivity index (χ0) is 12.8. The Morgan fingerprint density at radius 3 is 2.59 bits per heavy atom. The first-order valence-corrected chi connectivity index (χ1v) is 5.58. The molecular weight excluding hydrogens is 218 g/mol. The first-order chi connectivity index (χ1) is 8.08. The molecule has 4 heteroatoms. The van der Waals surface area contributed by atoms with E-state index in [1.165, 1.54) is 0 Å². The number of carbonyl (C=O) groups is 1. The van der Waals surface area contributed by atoms with Crippen molar-refractivity contribution in [3.05, 3.63) is 28.8 Å². The molecule has 0 unspecified atom stereocenters. The van der Waals surface area contributed by atoms with E-state index in [0.717, 1.165) is 22.4 Å². The lowest BCUT2D eigenvalue weighted by atomic mass is 10.1. The first kappa shape index (κ1) is 13.5. The SMILES string of the molecule is COc1cc(C)c(COC(=O)CCN)cc1C. The minimum absolute atomic E-state index is 0.258. The molecule has 0 amide bonds. The summed E-state index contributed by atoms with van der Waals surface area (Å²) in [5, 5.41) is 0. The van der Waals surface area contributed by atoms with Crippen LogP contribution in [0, 0.1) is 13.8 Å². The Morgan fingerprint density at radius 2 is 2.00 bits per heavy atom. The third-order valence-corrected chi connectivity index (χ3v) is 2.59. The molecule has 0 saturated heterocycles. The lowest BCUT2D eigenvalue weighted by Crippen LogP contribution is -2.11. The number of aryl methyl sites for hydroxylation is 2. The standard InChI is InChI=1S/C13H19NO3/c1-9-7-12(16-3)10(2)6-11(9)8-17-13(15)4-5-14/h6-7H,4-5,8,14H2,1-3H3. The van der Waals surface area contributed by atoms with Crippen molar-refractivity contribution in [2.75, 3.05) is 13.7 Å². The highest BCUT2D eigenvalue weighted by Crippen LogP contribution is 2.22. The van der Waals surface area contributed by atoms with E-state index in [0.29, 0.717) is 6.54 Å². The Balaban J connectivity index is 2.72. The van der Waals surface area contributed by atoms with Gasteiger partial charge in [-0.2, -0.15) is 0 Å². The first-order valence-electron chi connectivity index (χ1n) is 5.58. The van der Waals surface area contributed by atoms with Crippen LogP contribution in [0.3, 0.4) is 0 Å². The molecule has 94 valence electrons. The topological polar surface area (TPSA) is 61.5 Å². The molecule has 0 radical (unpaired) electrons. The summed E-state index contributed by atoms with van der Waals surface area (Å²) in [5.74, 6) is 0.583. The average molecular weight is 237 g/mol. The van der Waals surface area contributed by atoms with Crippen LogP contribution in [0.1, 0.15) is 23.1 Å². The number of ether oxygens (including phenoxy) is 2. The molecule has 0 aliphatic heterocycles. The van der Waals surface area contributed by atoms with Crippen LogP contribution in [0.5, 0.6) is 5.75 Å². The van der Waals surface area contributed by atoms with Crippen LogP contribution < -0.4 is 10.5 Å². The normalized spacial score (nSPS) is 10.1. The fourth-order valence-electron chi connectivity index (χ4n) is 1.57. The number of esters is 1. The molecule has 2 N–H and O–H groups in total. The minimum Gasteiger partial charge on any atom is -0.496 e. The Morgan fingerprint density at radius 1 is 1.29 bits per heavy atom. The van der Waals surface area contributed by atoms with Crippen molar-refractivity contribution in [3.8, 4) is 5.75 Å². The largest absolute Gasteiger partial charge is 0.496 e. The van der Waals surface area contributed by atoms with Gasteiger partial charge in [-0.1, -0.05) is 0 Å². The third kappa shape index (κ3) is 3.75. The monoisotopic (exact) mass is 237 g/mol. The highest BCUT2D eigenvalue weighted by atomic mass is 16.5. The second-order valence-corrected chi connectivity index (χ2v) is 3.95. The van der Waals surface area contributed by atoms with Crippen LogP contribution in [0.4, 0.5) is 0 Å². The molecule has 1 rings (SSSR count). The van der Waals surface area contributed by atoms with Gasteiger partial charge in [0.1, 0.15) is 12.4 Å². The summed E-state index contributed by atoms with van der Waals surface area (Å²) in [4.78, 5) is 11.2. The van der Waals surface area contributed by atoms with Gasteiger partial charge >= 0.3 is 5.97 Å².